The van der Waals surface area contributed by atoms with E-state index in [0.29, 0.717) is 17.3 Å². The van der Waals surface area contributed by atoms with Crippen LogP contribution in [0.4, 0.5) is 0 Å². The minimum atomic E-state index is 0.0317. The molecule has 3 heterocycles. The average molecular weight is 405 g/mol. The Morgan fingerprint density at radius 2 is 1.90 bits per heavy atom. The smallest absolute Gasteiger partial charge is 0.261 e. The van der Waals surface area contributed by atoms with E-state index in [1.165, 1.54) is 6.42 Å². The highest BCUT2D eigenvalue weighted by molar-refractivity contribution is 5.84. The van der Waals surface area contributed by atoms with Crippen LogP contribution in [-0.4, -0.2) is 40.4 Å². The summed E-state index contributed by atoms with van der Waals surface area (Å²) in [6.07, 6.45) is 4.05. The van der Waals surface area contributed by atoms with E-state index in [0.717, 1.165) is 54.2 Å². The topological polar surface area (TPSA) is 56.6 Å². The van der Waals surface area contributed by atoms with Crippen molar-refractivity contribution in [3.05, 3.63) is 53.1 Å². The third-order valence-corrected chi connectivity index (χ3v) is 6.27. The Labute approximate surface area is 176 Å². The molecule has 0 amide bonds. The second-order valence-electron chi connectivity index (χ2n) is 8.60. The number of piperidine rings is 1. The number of nitrogens with zero attached hydrogens (tertiary/aromatic N) is 3. The van der Waals surface area contributed by atoms with Gasteiger partial charge in [-0.1, -0.05) is 12.1 Å². The van der Waals surface area contributed by atoms with E-state index in [1.54, 1.807) is 10.9 Å². The number of rotatable bonds is 4. The first-order valence-electron chi connectivity index (χ1n) is 10.7. The minimum absolute atomic E-state index is 0.0317. The van der Waals surface area contributed by atoms with E-state index >= 15 is 0 Å². The van der Waals surface area contributed by atoms with Gasteiger partial charge in [0.05, 0.1) is 17.2 Å². The lowest BCUT2D eigenvalue weighted by Gasteiger charge is -2.35. The summed E-state index contributed by atoms with van der Waals surface area (Å²) in [7, 11) is 0. The minimum Gasteiger partial charge on any atom is -0.454 e. The van der Waals surface area contributed by atoms with E-state index < -0.39 is 0 Å². The lowest BCUT2D eigenvalue weighted by molar-refractivity contribution is 0.130. The Bertz CT molecular complexity index is 1140. The molecule has 0 unspecified atom stereocenters. The molecule has 0 N–H and O–H groups in total. The van der Waals surface area contributed by atoms with Crippen molar-refractivity contribution in [1.29, 1.82) is 0 Å². The van der Waals surface area contributed by atoms with Crippen molar-refractivity contribution >= 4 is 10.9 Å². The van der Waals surface area contributed by atoms with Crippen LogP contribution in [0.25, 0.3) is 22.0 Å². The van der Waals surface area contributed by atoms with Crippen molar-refractivity contribution in [3.63, 3.8) is 0 Å². The molecule has 156 valence electrons. The quantitative estimate of drug-likeness (QED) is 0.659. The Morgan fingerprint density at radius 3 is 2.77 bits per heavy atom. The fraction of sp³-hybridized carbons (Fsp3) is 0.417. The largest absolute Gasteiger partial charge is 0.454 e. The molecule has 5 rings (SSSR count). The molecule has 0 saturated carbocycles. The summed E-state index contributed by atoms with van der Waals surface area (Å²) < 4.78 is 12.7. The zero-order chi connectivity index (χ0) is 20.7. The average Bonchev–Trinajstić information content (AvgIpc) is 3.24. The molecule has 2 aliphatic heterocycles. The normalized spacial score (nSPS) is 19.0. The molecule has 1 saturated heterocycles. The number of hydrogen-bond donors (Lipinski definition) is 0. The van der Waals surface area contributed by atoms with Crippen molar-refractivity contribution in [2.45, 2.75) is 39.3 Å². The zero-order valence-corrected chi connectivity index (χ0v) is 17.5. The van der Waals surface area contributed by atoms with Crippen molar-refractivity contribution in [2.24, 2.45) is 5.92 Å². The molecule has 0 radical (unpaired) electrons. The van der Waals surface area contributed by atoms with Crippen LogP contribution < -0.4 is 15.0 Å². The van der Waals surface area contributed by atoms with E-state index in [9.17, 15) is 4.79 Å². The maximum Gasteiger partial charge on any atom is 0.261 e. The Kier molecular flexibility index (Phi) is 4.95. The highest BCUT2D eigenvalue weighted by Gasteiger charge is 2.22. The highest BCUT2D eigenvalue weighted by Crippen LogP contribution is 2.36. The van der Waals surface area contributed by atoms with Gasteiger partial charge < -0.3 is 14.4 Å². The Hall–Kier alpha value is -2.86. The van der Waals surface area contributed by atoms with Gasteiger partial charge in [-0.25, -0.2) is 4.98 Å². The van der Waals surface area contributed by atoms with Gasteiger partial charge in [0.1, 0.15) is 0 Å². The van der Waals surface area contributed by atoms with Crippen LogP contribution in [0.15, 0.2) is 47.5 Å². The van der Waals surface area contributed by atoms with Gasteiger partial charge in [0.15, 0.2) is 11.5 Å². The molecule has 1 fully saturated rings. The molecule has 2 aromatic carbocycles. The van der Waals surface area contributed by atoms with Crippen LogP contribution >= 0.6 is 0 Å². The molecular formula is C24H27N3O3. The molecule has 0 spiro atoms. The van der Waals surface area contributed by atoms with Crippen molar-refractivity contribution in [2.75, 3.05) is 19.9 Å². The number of aromatic nitrogens is 2. The van der Waals surface area contributed by atoms with E-state index in [2.05, 4.69) is 23.7 Å². The molecular weight excluding hydrogens is 378 g/mol. The summed E-state index contributed by atoms with van der Waals surface area (Å²) in [6, 6.07) is 12.3. The van der Waals surface area contributed by atoms with Gasteiger partial charge >= 0.3 is 0 Å². The predicted molar refractivity (Wildman–Crippen MR) is 117 cm³/mol. The van der Waals surface area contributed by atoms with Crippen LogP contribution in [0, 0.1) is 5.92 Å². The maximum absolute atomic E-state index is 13.3. The number of ether oxygens (including phenoxy) is 2. The van der Waals surface area contributed by atoms with Gasteiger partial charge in [-0.2, -0.15) is 0 Å². The number of benzene rings is 2. The molecule has 30 heavy (non-hydrogen) atoms. The highest BCUT2D eigenvalue weighted by atomic mass is 16.7. The second kappa shape index (κ2) is 7.76. The zero-order valence-electron chi connectivity index (χ0n) is 17.5. The van der Waals surface area contributed by atoms with Crippen molar-refractivity contribution in [1.82, 2.24) is 14.5 Å². The SMILES string of the molecule is CC(C)N1CCC[C@H](Cn2cnc3ccc(-c4ccc5c(c4)OCO5)cc3c2=O)C1. The summed E-state index contributed by atoms with van der Waals surface area (Å²) in [6.45, 7) is 7.64. The summed E-state index contributed by atoms with van der Waals surface area (Å²) in [4.78, 5) is 20.3. The maximum atomic E-state index is 13.3. The first-order valence-corrected chi connectivity index (χ1v) is 10.7. The third-order valence-electron chi connectivity index (χ3n) is 6.27. The van der Waals surface area contributed by atoms with Crippen LogP contribution in [0.3, 0.4) is 0 Å². The molecule has 3 aromatic rings. The van der Waals surface area contributed by atoms with Gasteiger partial charge in [-0.15, -0.1) is 0 Å². The number of fused-ring (bicyclic) bond motifs is 2. The summed E-state index contributed by atoms with van der Waals surface area (Å²) in [5.74, 6) is 1.98. The first kappa shape index (κ1) is 19.1. The Morgan fingerprint density at radius 1 is 1.10 bits per heavy atom. The molecule has 0 aliphatic carbocycles. The van der Waals surface area contributed by atoms with Gasteiger partial charge in [-0.05, 0) is 74.5 Å². The lowest BCUT2D eigenvalue weighted by atomic mass is 9.97. The lowest BCUT2D eigenvalue weighted by Crippen LogP contribution is -2.42. The van der Waals surface area contributed by atoms with E-state index in [1.807, 2.05) is 36.4 Å². The molecule has 6 nitrogen and oxygen atoms in total. The van der Waals surface area contributed by atoms with Crippen LogP contribution in [0.1, 0.15) is 26.7 Å². The standard InChI is InChI=1S/C24H27N3O3/c1-16(2)26-9-3-4-17(12-26)13-27-14-25-21-7-5-18(10-20(21)24(27)28)19-6-8-22-23(11-19)30-15-29-22/h5-8,10-11,14,16-17H,3-4,9,12-13,15H2,1-2H3/t17-/m0/s1. The fourth-order valence-corrected chi connectivity index (χ4v) is 4.54. The molecule has 1 aromatic heterocycles. The van der Waals surface area contributed by atoms with Gasteiger partial charge in [0, 0.05) is 19.1 Å². The van der Waals surface area contributed by atoms with Gasteiger partial charge in [0.2, 0.25) is 6.79 Å². The Balaban J connectivity index is 1.45. The molecule has 1 atom stereocenters. The van der Waals surface area contributed by atoms with Crippen LogP contribution in [0.2, 0.25) is 0 Å². The van der Waals surface area contributed by atoms with Gasteiger partial charge in [0.25, 0.3) is 5.56 Å². The molecule has 6 heteroatoms. The monoisotopic (exact) mass is 405 g/mol. The summed E-state index contributed by atoms with van der Waals surface area (Å²) >= 11 is 0. The van der Waals surface area contributed by atoms with Crippen LogP contribution in [-0.2, 0) is 6.54 Å². The first-order chi connectivity index (χ1) is 14.6. The van der Waals surface area contributed by atoms with Gasteiger partial charge in [-0.3, -0.25) is 9.36 Å². The third kappa shape index (κ3) is 3.56. The molecule has 2 aliphatic rings. The van der Waals surface area contributed by atoms with Crippen LogP contribution in [0.5, 0.6) is 11.5 Å². The molecule has 0 bridgehead atoms. The fourth-order valence-electron chi connectivity index (χ4n) is 4.54. The number of likely N-dealkylation sites (tertiary alicyclic amines) is 1. The second-order valence-corrected chi connectivity index (χ2v) is 8.60. The van der Waals surface area contributed by atoms with E-state index in [-0.39, 0.29) is 12.4 Å². The van der Waals surface area contributed by atoms with Crippen molar-refractivity contribution < 1.29 is 9.47 Å². The van der Waals surface area contributed by atoms with Crippen molar-refractivity contribution in [3.8, 4) is 22.6 Å². The number of hydrogen-bond acceptors (Lipinski definition) is 5. The summed E-state index contributed by atoms with van der Waals surface area (Å²) in [5, 5.41) is 0.657. The summed E-state index contributed by atoms with van der Waals surface area (Å²) in [5.41, 5.74) is 2.73. The predicted octanol–water partition coefficient (Wildman–Crippen LogP) is 3.91. The van der Waals surface area contributed by atoms with E-state index in [4.69, 9.17) is 9.47 Å².